The molecule has 0 unspecified atom stereocenters. The van der Waals surface area contributed by atoms with Gasteiger partial charge >= 0.3 is 0 Å². The highest BCUT2D eigenvalue weighted by Gasteiger charge is 2.29. The first-order valence-corrected chi connectivity index (χ1v) is 10.6. The molecule has 26 heavy (non-hydrogen) atoms. The number of benzene rings is 1. The lowest BCUT2D eigenvalue weighted by Crippen LogP contribution is -2.48. The topological polar surface area (TPSA) is 66.4 Å². The summed E-state index contributed by atoms with van der Waals surface area (Å²) in [6, 6.07) is 15.3. The zero-order valence-corrected chi connectivity index (χ0v) is 15.7. The van der Waals surface area contributed by atoms with Crippen molar-refractivity contribution in [2.75, 3.05) is 31.1 Å². The minimum absolute atomic E-state index is 0.402. The molecule has 3 aromatic rings. The van der Waals surface area contributed by atoms with Gasteiger partial charge in [0, 0.05) is 37.8 Å². The van der Waals surface area contributed by atoms with E-state index in [-0.39, 0.29) is 0 Å². The van der Waals surface area contributed by atoms with Crippen LogP contribution in [0.15, 0.2) is 64.4 Å². The third-order valence-corrected chi connectivity index (χ3v) is 7.65. The Hall–Kier alpha value is -2.29. The summed E-state index contributed by atoms with van der Waals surface area (Å²) in [6.45, 7) is 2.11. The Morgan fingerprint density at radius 3 is 2.38 bits per heavy atom. The molecule has 0 atom stereocenters. The zero-order chi connectivity index (χ0) is 18.0. The molecular weight excluding hydrogens is 368 g/mol. The largest absolute Gasteiger partial charge is 0.354 e. The Balaban J connectivity index is 1.49. The third kappa shape index (κ3) is 3.35. The number of sulfonamides is 1. The van der Waals surface area contributed by atoms with Crippen molar-refractivity contribution in [3.8, 4) is 11.3 Å². The minimum Gasteiger partial charge on any atom is -0.354 e. The molecule has 8 heteroatoms. The van der Waals surface area contributed by atoms with Crippen molar-refractivity contribution in [3.05, 3.63) is 60.2 Å². The SMILES string of the molecule is O=S(=O)(c1cccs1)N1CCN(c2cc(-c3ccccc3)ncn2)CC1. The van der Waals surface area contributed by atoms with E-state index < -0.39 is 10.0 Å². The summed E-state index contributed by atoms with van der Waals surface area (Å²) >= 11 is 1.26. The highest BCUT2D eigenvalue weighted by Crippen LogP contribution is 2.25. The number of aromatic nitrogens is 2. The van der Waals surface area contributed by atoms with Crippen molar-refractivity contribution < 1.29 is 8.42 Å². The fourth-order valence-electron chi connectivity index (χ4n) is 2.98. The van der Waals surface area contributed by atoms with E-state index in [1.54, 1.807) is 28.1 Å². The predicted molar refractivity (Wildman–Crippen MR) is 103 cm³/mol. The van der Waals surface area contributed by atoms with Crippen molar-refractivity contribution in [3.63, 3.8) is 0 Å². The van der Waals surface area contributed by atoms with Crippen LogP contribution in [0, 0.1) is 0 Å². The summed E-state index contributed by atoms with van der Waals surface area (Å²) in [5.41, 5.74) is 1.90. The van der Waals surface area contributed by atoms with Gasteiger partial charge in [-0.3, -0.25) is 0 Å². The maximum Gasteiger partial charge on any atom is 0.252 e. The van der Waals surface area contributed by atoms with Crippen molar-refractivity contribution in [1.29, 1.82) is 0 Å². The molecule has 3 heterocycles. The summed E-state index contributed by atoms with van der Waals surface area (Å²) in [5.74, 6) is 0.826. The lowest BCUT2D eigenvalue weighted by atomic mass is 10.1. The summed E-state index contributed by atoms with van der Waals surface area (Å²) in [4.78, 5) is 10.8. The smallest absolute Gasteiger partial charge is 0.252 e. The molecule has 0 bridgehead atoms. The first-order valence-electron chi connectivity index (χ1n) is 8.31. The molecule has 0 amide bonds. The van der Waals surface area contributed by atoms with Gasteiger partial charge in [0.05, 0.1) is 5.69 Å². The maximum atomic E-state index is 12.6. The fraction of sp³-hybridized carbons (Fsp3) is 0.222. The molecule has 0 radical (unpaired) electrons. The zero-order valence-electron chi connectivity index (χ0n) is 14.0. The molecule has 2 aromatic heterocycles. The van der Waals surface area contributed by atoms with Crippen LogP contribution in [0.1, 0.15) is 0 Å². The first kappa shape index (κ1) is 17.1. The minimum atomic E-state index is -3.38. The van der Waals surface area contributed by atoms with Crippen molar-refractivity contribution in [2.45, 2.75) is 4.21 Å². The van der Waals surface area contributed by atoms with Crippen molar-refractivity contribution in [2.24, 2.45) is 0 Å². The number of rotatable bonds is 4. The van der Waals surface area contributed by atoms with Gasteiger partial charge in [-0.15, -0.1) is 11.3 Å². The van der Waals surface area contributed by atoms with Gasteiger partial charge in [0.2, 0.25) is 0 Å². The van der Waals surface area contributed by atoms with Gasteiger partial charge in [-0.05, 0) is 11.4 Å². The van der Waals surface area contributed by atoms with E-state index in [9.17, 15) is 8.42 Å². The van der Waals surface area contributed by atoms with Gasteiger partial charge in [0.1, 0.15) is 16.4 Å². The molecule has 0 aliphatic carbocycles. The summed E-state index contributed by atoms with van der Waals surface area (Å²) in [7, 11) is -3.38. The Morgan fingerprint density at radius 2 is 1.69 bits per heavy atom. The predicted octanol–water partition coefficient (Wildman–Crippen LogP) is 2.72. The Morgan fingerprint density at radius 1 is 0.923 bits per heavy atom. The molecule has 0 saturated carbocycles. The first-order chi connectivity index (χ1) is 12.6. The average Bonchev–Trinajstić information content (AvgIpc) is 3.25. The van der Waals surface area contributed by atoms with Gasteiger partial charge in [-0.1, -0.05) is 36.4 Å². The molecule has 1 saturated heterocycles. The van der Waals surface area contributed by atoms with Crippen LogP contribution in [0.3, 0.4) is 0 Å². The molecule has 1 aliphatic rings. The van der Waals surface area contributed by atoms with E-state index in [4.69, 9.17) is 0 Å². The van der Waals surface area contributed by atoms with Gasteiger partial charge < -0.3 is 4.90 Å². The normalized spacial score (nSPS) is 15.9. The van der Waals surface area contributed by atoms with Crippen LogP contribution in [0.2, 0.25) is 0 Å². The van der Waals surface area contributed by atoms with Crippen LogP contribution in [-0.2, 0) is 10.0 Å². The van der Waals surface area contributed by atoms with Crippen LogP contribution in [0.25, 0.3) is 11.3 Å². The number of hydrogen-bond acceptors (Lipinski definition) is 6. The van der Waals surface area contributed by atoms with Crippen molar-refractivity contribution in [1.82, 2.24) is 14.3 Å². The molecule has 134 valence electrons. The quantitative estimate of drug-likeness (QED) is 0.690. The number of hydrogen-bond donors (Lipinski definition) is 0. The van der Waals surface area contributed by atoms with Gasteiger partial charge in [0.15, 0.2) is 0 Å². The molecule has 0 spiro atoms. The lowest BCUT2D eigenvalue weighted by molar-refractivity contribution is 0.385. The van der Waals surface area contributed by atoms with E-state index in [2.05, 4.69) is 14.9 Å². The van der Waals surface area contributed by atoms with Crippen LogP contribution in [-0.4, -0.2) is 48.9 Å². The van der Waals surface area contributed by atoms with E-state index in [0.717, 1.165) is 17.1 Å². The Bertz CT molecular complexity index is 967. The van der Waals surface area contributed by atoms with E-state index in [1.807, 2.05) is 36.4 Å². The van der Waals surface area contributed by atoms with Crippen molar-refractivity contribution >= 4 is 27.2 Å². The summed E-state index contributed by atoms with van der Waals surface area (Å²) in [5, 5.41) is 1.79. The highest BCUT2D eigenvalue weighted by molar-refractivity contribution is 7.91. The maximum absolute atomic E-state index is 12.6. The van der Waals surface area contributed by atoms with Crippen LogP contribution >= 0.6 is 11.3 Å². The average molecular weight is 387 g/mol. The molecule has 1 aromatic carbocycles. The number of piperazine rings is 1. The number of nitrogens with zero attached hydrogens (tertiary/aromatic N) is 4. The molecule has 1 fully saturated rings. The Labute approximate surface area is 156 Å². The molecular formula is C18H18N4O2S2. The van der Waals surface area contributed by atoms with Crippen LogP contribution < -0.4 is 4.90 Å². The summed E-state index contributed by atoms with van der Waals surface area (Å²) < 4.78 is 27.2. The monoisotopic (exact) mass is 386 g/mol. The second-order valence-electron chi connectivity index (χ2n) is 5.95. The van der Waals surface area contributed by atoms with Gasteiger partial charge in [-0.2, -0.15) is 4.31 Å². The molecule has 1 aliphatic heterocycles. The molecule has 4 rings (SSSR count). The summed E-state index contributed by atoms with van der Waals surface area (Å²) in [6.07, 6.45) is 1.56. The standard InChI is InChI=1S/C18H18N4O2S2/c23-26(24,18-7-4-12-25-18)22-10-8-21(9-11-22)17-13-16(19-14-20-17)15-5-2-1-3-6-15/h1-7,12-14H,8-11H2. The Kier molecular flexibility index (Phi) is 4.71. The fourth-order valence-corrected chi connectivity index (χ4v) is 5.55. The van der Waals surface area contributed by atoms with Gasteiger partial charge in [-0.25, -0.2) is 18.4 Å². The second-order valence-corrected chi connectivity index (χ2v) is 9.06. The van der Waals surface area contributed by atoms with Gasteiger partial charge in [0.25, 0.3) is 10.0 Å². The third-order valence-electron chi connectivity index (χ3n) is 4.37. The van der Waals surface area contributed by atoms with E-state index in [0.29, 0.717) is 30.4 Å². The van der Waals surface area contributed by atoms with E-state index >= 15 is 0 Å². The number of thiophene rings is 1. The highest BCUT2D eigenvalue weighted by atomic mass is 32.2. The van der Waals surface area contributed by atoms with E-state index in [1.165, 1.54) is 11.3 Å². The number of anilines is 1. The lowest BCUT2D eigenvalue weighted by Gasteiger charge is -2.34. The molecule has 0 N–H and O–H groups in total. The van der Waals surface area contributed by atoms with Crippen LogP contribution in [0.4, 0.5) is 5.82 Å². The van der Waals surface area contributed by atoms with Crippen LogP contribution in [0.5, 0.6) is 0 Å². The second kappa shape index (κ2) is 7.14. The molecule has 6 nitrogen and oxygen atoms in total.